The van der Waals surface area contributed by atoms with E-state index in [9.17, 15) is 4.79 Å². The number of carbonyl (C=O) groups excluding carboxylic acids is 1. The number of fused-ring (bicyclic) bond motifs is 1. The van der Waals surface area contributed by atoms with Crippen molar-refractivity contribution in [1.29, 1.82) is 0 Å². The molecule has 0 spiro atoms. The number of benzene rings is 3. The molecule has 3 aromatic carbocycles. The third-order valence-electron chi connectivity index (χ3n) is 5.03. The molecule has 0 aliphatic heterocycles. The van der Waals surface area contributed by atoms with Gasteiger partial charge in [0.2, 0.25) is 0 Å². The molecule has 0 saturated heterocycles. The van der Waals surface area contributed by atoms with Crippen molar-refractivity contribution in [2.45, 2.75) is 19.5 Å². The van der Waals surface area contributed by atoms with E-state index in [-0.39, 0.29) is 11.9 Å². The number of aromatic nitrogens is 2. The number of para-hydroxylation sites is 3. The Hall–Kier alpha value is -3.12. The van der Waals surface area contributed by atoms with E-state index >= 15 is 0 Å². The highest BCUT2D eigenvalue weighted by Crippen LogP contribution is 2.26. The number of methoxy groups -OCH3 is 1. The molecule has 1 unspecified atom stereocenters. The van der Waals surface area contributed by atoms with Crippen LogP contribution in [-0.4, -0.2) is 22.6 Å². The Morgan fingerprint density at radius 2 is 1.87 bits per heavy atom. The lowest BCUT2D eigenvalue weighted by Gasteiger charge is -2.17. The largest absolute Gasteiger partial charge is 0.496 e. The first kappa shape index (κ1) is 20.2. The van der Waals surface area contributed by atoms with Gasteiger partial charge in [-0.3, -0.25) is 4.79 Å². The molecule has 1 atom stereocenters. The van der Waals surface area contributed by atoms with Crippen LogP contribution in [0.15, 0.2) is 77.3 Å². The molecule has 4 rings (SSSR count). The van der Waals surface area contributed by atoms with Crippen molar-refractivity contribution in [3.8, 4) is 5.75 Å². The zero-order valence-electron chi connectivity index (χ0n) is 16.8. The van der Waals surface area contributed by atoms with Gasteiger partial charge in [0.1, 0.15) is 11.6 Å². The lowest BCUT2D eigenvalue weighted by Crippen LogP contribution is -2.28. The third-order valence-corrected chi connectivity index (χ3v) is 5.52. The fourth-order valence-corrected chi connectivity index (χ4v) is 3.97. The van der Waals surface area contributed by atoms with Crippen LogP contribution in [0.5, 0.6) is 5.75 Å². The molecule has 0 radical (unpaired) electrons. The van der Waals surface area contributed by atoms with Gasteiger partial charge in [0.15, 0.2) is 0 Å². The van der Waals surface area contributed by atoms with Crippen molar-refractivity contribution in [2.24, 2.45) is 0 Å². The number of nitrogens with one attached hydrogen (secondary N) is 1. The van der Waals surface area contributed by atoms with Crippen LogP contribution in [0, 0.1) is 0 Å². The van der Waals surface area contributed by atoms with E-state index in [1.807, 2.05) is 67.6 Å². The van der Waals surface area contributed by atoms with Crippen LogP contribution in [0.2, 0.25) is 0 Å². The van der Waals surface area contributed by atoms with E-state index in [1.54, 1.807) is 19.2 Å². The lowest BCUT2D eigenvalue weighted by atomic mass is 10.1. The molecule has 0 bridgehead atoms. The molecule has 152 valence electrons. The van der Waals surface area contributed by atoms with Gasteiger partial charge < -0.3 is 14.6 Å². The number of imidazole rings is 1. The summed E-state index contributed by atoms with van der Waals surface area (Å²) >= 11 is 3.42. The molecule has 1 N–H and O–H groups in total. The molecular weight excluding hydrogens is 442 g/mol. The lowest BCUT2D eigenvalue weighted by molar-refractivity contribution is 0.0937. The maximum absolute atomic E-state index is 12.8. The van der Waals surface area contributed by atoms with Crippen molar-refractivity contribution in [3.63, 3.8) is 0 Å². The summed E-state index contributed by atoms with van der Waals surface area (Å²) in [5, 5.41) is 3.08. The van der Waals surface area contributed by atoms with Gasteiger partial charge in [0, 0.05) is 15.6 Å². The van der Waals surface area contributed by atoms with E-state index in [0.29, 0.717) is 12.1 Å². The molecule has 0 saturated carbocycles. The third kappa shape index (κ3) is 4.09. The van der Waals surface area contributed by atoms with Crippen molar-refractivity contribution < 1.29 is 9.53 Å². The predicted molar refractivity (Wildman–Crippen MR) is 122 cm³/mol. The second-order valence-corrected chi connectivity index (χ2v) is 7.98. The first-order valence-electron chi connectivity index (χ1n) is 9.70. The predicted octanol–water partition coefficient (Wildman–Crippen LogP) is 5.35. The van der Waals surface area contributed by atoms with Gasteiger partial charge in [-0.25, -0.2) is 4.98 Å². The van der Waals surface area contributed by atoms with Crippen molar-refractivity contribution >= 4 is 32.9 Å². The Labute approximate surface area is 183 Å². The number of carbonyl (C=O) groups is 1. The summed E-state index contributed by atoms with van der Waals surface area (Å²) in [5.74, 6) is 1.48. The maximum atomic E-state index is 12.8. The molecule has 1 amide bonds. The van der Waals surface area contributed by atoms with Crippen LogP contribution in [0.1, 0.15) is 34.7 Å². The Bertz CT molecular complexity index is 1200. The molecule has 4 aromatic rings. The number of hydrogen-bond acceptors (Lipinski definition) is 3. The van der Waals surface area contributed by atoms with Gasteiger partial charge in [0.25, 0.3) is 5.91 Å². The first-order chi connectivity index (χ1) is 14.6. The maximum Gasteiger partial charge on any atom is 0.251 e. The summed E-state index contributed by atoms with van der Waals surface area (Å²) in [7, 11) is 1.67. The zero-order valence-corrected chi connectivity index (χ0v) is 18.4. The van der Waals surface area contributed by atoms with Crippen LogP contribution in [0.4, 0.5) is 0 Å². The summed E-state index contributed by atoms with van der Waals surface area (Å²) < 4.78 is 8.54. The Morgan fingerprint density at radius 3 is 2.67 bits per heavy atom. The molecule has 0 aliphatic rings. The van der Waals surface area contributed by atoms with Crippen LogP contribution in [-0.2, 0) is 6.54 Å². The topological polar surface area (TPSA) is 56.1 Å². The fraction of sp³-hybridized carbons (Fsp3) is 0.167. The smallest absolute Gasteiger partial charge is 0.251 e. The molecule has 1 heterocycles. The Morgan fingerprint density at radius 1 is 1.10 bits per heavy atom. The van der Waals surface area contributed by atoms with E-state index in [1.165, 1.54) is 0 Å². The highest BCUT2D eigenvalue weighted by Gasteiger charge is 2.20. The van der Waals surface area contributed by atoms with Crippen molar-refractivity contribution in [1.82, 2.24) is 14.9 Å². The standard InChI is InChI=1S/C24H22BrN3O2/c1-16(26-24(29)17-9-7-10-19(25)14-17)23-27-20-11-4-5-12-21(20)28(23)15-18-8-3-6-13-22(18)30-2/h3-14,16H,15H2,1-2H3,(H,26,29). The summed E-state index contributed by atoms with van der Waals surface area (Å²) in [4.78, 5) is 17.6. The van der Waals surface area contributed by atoms with Crippen LogP contribution >= 0.6 is 15.9 Å². The summed E-state index contributed by atoms with van der Waals surface area (Å²) in [5.41, 5.74) is 3.56. The number of rotatable bonds is 6. The summed E-state index contributed by atoms with van der Waals surface area (Å²) in [6.45, 7) is 2.55. The molecular formula is C24H22BrN3O2. The molecule has 0 aliphatic carbocycles. The van der Waals surface area contributed by atoms with Crippen LogP contribution < -0.4 is 10.1 Å². The summed E-state index contributed by atoms with van der Waals surface area (Å²) in [6, 6.07) is 23.0. The number of ether oxygens (including phenoxy) is 1. The van der Waals surface area contributed by atoms with Gasteiger partial charge in [0.05, 0.1) is 30.7 Å². The average Bonchev–Trinajstić information content (AvgIpc) is 3.13. The van der Waals surface area contributed by atoms with Gasteiger partial charge in [-0.05, 0) is 43.3 Å². The SMILES string of the molecule is COc1ccccc1Cn1c(C(C)NC(=O)c2cccc(Br)c2)nc2ccccc21. The normalized spacial score (nSPS) is 12.0. The average molecular weight is 464 g/mol. The van der Waals surface area contributed by atoms with Gasteiger partial charge in [-0.15, -0.1) is 0 Å². The zero-order chi connectivity index (χ0) is 21.1. The molecule has 30 heavy (non-hydrogen) atoms. The number of halogens is 1. The van der Waals surface area contributed by atoms with E-state index in [0.717, 1.165) is 32.6 Å². The number of nitrogens with zero attached hydrogens (tertiary/aromatic N) is 2. The van der Waals surface area contributed by atoms with Gasteiger partial charge in [-0.1, -0.05) is 52.3 Å². The molecule has 6 heteroatoms. The van der Waals surface area contributed by atoms with Gasteiger partial charge in [-0.2, -0.15) is 0 Å². The second kappa shape index (κ2) is 8.71. The highest BCUT2D eigenvalue weighted by atomic mass is 79.9. The van der Waals surface area contributed by atoms with E-state index in [2.05, 4.69) is 25.8 Å². The molecule has 1 aromatic heterocycles. The molecule has 5 nitrogen and oxygen atoms in total. The minimum absolute atomic E-state index is 0.139. The molecule has 0 fully saturated rings. The van der Waals surface area contributed by atoms with E-state index in [4.69, 9.17) is 9.72 Å². The Balaban J connectivity index is 1.69. The van der Waals surface area contributed by atoms with Crippen LogP contribution in [0.25, 0.3) is 11.0 Å². The van der Waals surface area contributed by atoms with Gasteiger partial charge >= 0.3 is 0 Å². The minimum Gasteiger partial charge on any atom is -0.496 e. The monoisotopic (exact) mass is 463 g/mol. The minimum atomic E-state index is -0.279. The first-order valence-corrected chi connectivity index (χ1v) is 10.5. The van der Waals surface area contributed by atoms with Crippen molar-refractivity contribution in [3.05, 3.63) is 94.2 Å². The Kier molecular flexibility index (Phi) is 5.86. The quantitative estimate of drug-likeness (QED) is 0.419. The highest BCUT2D eigenvalue weighted by molar-refractivity contribution is 9.10. The fourth-order valence-electron chi connectivity index (χ4n) is 3.57. The number of hydrogen-bond donors (Lipinski definition) is 1. The van der Waals surface area contributed by atoms with Crippen LogP contribution in [0.3, 0.4) is 0 Å². The number of amides is 1. The second-order valence-electron chi connectivity index (χ2n) is 7.06. The van der Waals surface area contributed by atoms with Crippen molar-refractivity contribution in [2.75, 3.05) is 7.11 Å². The van der Waals surface area contributed by atoms with E-state index < -0.39 is 0 Å². The summed E-state index contributed by atoms with van der Waals surface area (Å²) in [6.07, 6.45) is 0.